The number of ether oxygens (including phenoxy) is 1. The van der Waals surface area contributed by atoms with Crippen molar-refractivity contribution in [3.63, 3.8) is 0 Å². The smallest absolute Gasteiger partial charge is 0.226 e. The summed E-state index contributed by atoms with van der Waals surface area (Å²) >= 11 is 0. The van der Waals surface area contributed by atoms with Gasteiger partial charge in [0.2, 0.25) is 5.91 Å². The number of nitrogens with one attached hydrogen (secondary N) is 1. The molecule has 110 valence electrons. The van der Waals surface area contributed by atoms with Crippen molar-refractivity contribution in [3.05, 3.63) is 0 Å². The van der Waals surface area contributed by atoms with Crippen LogP contribution in [0.25, 0.3) is 0 Å². The molecule has 4 nitrogen and oxygen atoms in total. The number of nitrogens with zero attached hydrogens (tertiary/aromatic N) is 1. The van der Waals surface area contributed by atoms with Crippen LogP contribution in [-0.2, 0) is 9.53 Å². The van der Waals surface area contributed by atoms with E-state index in [2.05, 4.69) is 10.2 Å². The number of methoxy groups -OCH3 is 1. The highest BCUT2D eigenvalue weighted by Gasteiger charge is 2.42. The number of amides is 1. The molecule has 2 rings (SSSR count). The van der Waals surface area contributed by atoms with Crippen LogP contribution < -0.4 is 5.32 Å². The third kappa shape index (κ3) is 3.29. The van der Waals surface area contributed by atoms with E-state index in [1.54, 1.807) is 7.11 Å². The molecule has 1 spiro atoms. The Morgan fingerprint density at radius 1 is 1.32 bits per heavy atom. The average molecular weight is 268 g/mol. The van der Waals surface area contributed by atoms with E-state index in [9.17, 15) is 4.79 Å². The highest BCUT2D eigenvalue weighted by molar-refractivity contribution is 5.78. The van der Waals surface area contributed by atoms with E-state index in [0.29, 0.717) is 6.42 Å². The number of piperazine rings is 1. The second-order valence-corrected chi connectivity index (χ2v) is 6.65. The van der Waals surface area contributed by atoms with E-state index >= 15 is 0 Å². The maximum atomic E-state index is 12.7. The molecule has 1 heterocycles. The van der Waals surface area contributed by atoms with Crippen LogP contribution in [0.15, 0.2) is 0 Å². The van der Waals surface area contributed by atoms with Crippen LogP contribution in [-0.4, -0.2) is 48.7 Å². The fraction of sp³-hybridized carbons (Fsp3) is 0.933. The first kappa shape index (κ1) is 14.8. The molecule has 0 aromatic heterocycles. The van der Waals surface area contributed by atoms with Gasteiger partial charge in [0.1, 0.15) is 0 Å². The molecule has 1 aliphatic heterocycles. The predicted octanol–water partition coefficient (Wildman–Crippen LogP) is 1.94. The summed E-state index contributed by atoms with van der Waals surface area (Å²) in [6.45, 7) is 6.70. The molecule has 2 fully saturated rings. The topological polar surface area (TPSA) is 41.6 Å². The largest absolute Gasteiger partial charge is 0.378 e. The zero-order chi connectivity index (χ0) is 13.9. The van der Waals surface area contributed by atoms with Gasteiger partial charge < -0.3 is 15.0 Å². The van der Waals surface area contributed by atoms with Gasteiger partial charge in [0, 0.05) is 26.7 Å². The number of hydrogen-bond donors (Lipinski definition) is 1. The molecule has 4 heteroatoms. The summed E-state index contributed by atoms with van der Waals surface area (Å²) in [5.41, 5.74) is -0.283. The fourth-order valence-corrected chi connectivity index (χ4v) is 3.42. The molecule has 0 bridgehead atoms. The molecule has 0 unspecified atom stereocenters. The highest BCUT2D eigenvalue weighted by atomic mass is 16.5. The van der Waals surface area contributed by atoms with Crippen LogP contribution in [0.3, 0.4) is 0 Å². The third-order valence-corrected chi connectivity index (χ3v) is 4.75. The van der Waals surface area contributed by atoms with Crippen LogP contribution in [0.5, 0.6) is 0 Å². The summed E-state index contributed by atoms with van der Waals surface area (Å²) in [5.74, 6) is 0.259. The number of hydrogen-bond acceptors (Lipinski definition) is 3. The van der Waals surface area contributed by atoms with Crippen molar-refractivity contribution >= 4 is 5.91 Å². The van der Waals surface area contributed by atoms with E-state index in [1.807, 2.05) is 13.8 Å². The minimum absolute atomic E-state index is 0.0808. The molecule has 1 amide bonds. The van der Waals surface area contributed by atoms with Crippen molar-refractivity contribution in [3.8, 4) is 0 Å². The van der Waals surface area contributed by atoms with Gasteiger partial charge in [-0.3, -0.25) is 4.79 Å². The average Bonchev–Trinajstić information content (AvgIpc) is 2.39. The van der Waals surface area contributed by atoms with Gasteiger partial charge in [0.05, 0.1) is 17.6 Å². The lowest BCUT2D eigenvalue weighted by atomic mass is 9.78. The summed E-state index contributed by atoms with van der Waals surface area (Å²) in [6.07, 6.45) is 6.59. The molecule has 1 saturated heterocycles. The summed E-state index contributed by atoms with van der Waals surface area (Å²) in [4.78, 5) is 14.8. The zero-order valence-corrected chi connectivity index (χ0v) is 12.6. The highest BCUT2D eigenvalue weighted by Crippen LogP contribution is 2.35. The molecule has 2 aliphatic rings. The van der Waals surface area contributed by atoms with E-state index in [1.165, 1.54) is 19.3 Å². The predicted molar refractivity (Wildman–Crippen MR) is 76.1 cm³/mol. The van der Waals surface area contributed by atoms with E-state index in [-0.39, 0.29) is 17.0 Å². The Hall–Kier alpha value is -0.610. The van der Waals surface area contributed by atoms with Gasteiger partial charge in [-0.1, -0.05) is 19.3 Å². The van der Waals surface area contributed by atoms with Gasteiger partial charge in [-0.05, 0) is 26.7 Å². The quantitative estimate of drug-likeness (QED) is 0.850. The standard InChI is InChI=1S/C15H28N2O2/c1-14(2,19-3)11-13(18)17-10-9-16-12-15(17)7-5-4-6-8-15/h16H,4-12H2,1-3H3. The summed E-state index contributed by atoms with van der Waals surface area (Å²) < 4.78 is 5.41. The first-order chi connectivity index (χ1) is 8.99. The molecule has 1 N–H and O–H groups in total. The molecule has 1 saturated carbocycles. The Kier molecular flexibility index (Phi) is 4.51. The fourth-order valence-electron chi connectivity index (χ4n) is 3.42. The van der Waals surface area contributed by atoms with Gasteiger partial charge >= 0.3 is 0 Å². The van der Waals surface area contributed by atoms with Gasteiger partial charge in [-0.15, -0.1) is 0 Å². The summed E-state index contributed by atoms with van der Waals surface area (Å²) in [5, 5.41) is 3.48. The first-order valence-corrected chi connectivity index (χ1v) is 7.55. The molecule has 19 heavy (non-hydrogen) atoms. The molecule has 0 radical (unpaired) electrons. The Morgan fingerprint density at radius 3 is 2.63 bits per heavy atom. The Labute approximate surface area is 116 Å². The zero-order valence-electron chi connectivity index (χ0n) is 12.6. The maximum Gasteiger partial charge on any atom is 0.226 e. The third-order valence-electron chi connectivity index (χ3n) is 4.75. The Balaban J connectivity index is 2.08. The van der Waals surface area contributed by atoms with E-state index in [0.717, 1.165) is 32.5 Å². The van der Waals surface area contributed by atoms with Crippen LogP contribution in [0.4, 0.5) is 0 Å². The summed E-state index contributed by atoms with van der Waals surface area (Å²) in [6, 6.07) is 0. The Morgan fingerprint density at radius 2 is 2.00 bits per heavy atom. The van der Waals surface area contributed by atoms with Gasteiger partial charge in [0.25, 0.3) is 0 Å². The van der Waals surface area contributed by atoms with Crippen LogP contribution in [0, 0.1) is 0 Å². The number of carbonyl (C=O) groups excluding carboxylic acids is 1. The molecular weight excluding hydrogens is 240 g/mol. The van der Waals surface area contributed by atoms with E-state index in [4.69, 9.17) is 4.74 Å². The number of rotatable bonds is 3. The van der Waals surface area contributed by atoms with Crippen LogP contribution >= 0.6 is 0 Å². The molecule has 0 aromatic carbocycles. The second-order valence-electron chi connectivity index (χ2n) is 6.65. The van der Waals surface area contributed by atoms with Crippen molar-refractivity contribution in [2.45, 2.75) is 63.5 Å². The van der Waals surface area contributed by atoms with E-state index < -0.39 is 0 Å². The monoisotopic (exact) mass is 268 g/mol. The minimum atomic E-state index is -0.363. The van der Waals surface area contributed by atoms with Crippen molar-refractivity contribution in [1.82, 2.24) is 10.2 Å². The first-order valence-electron chi connectivity index (χ1n) is 7.55. The van der Waals surface area contributed by atoms with Gasteiger partial charge in [0.15, 0.2) is 0 Å². The molecule has 1 aliphatic carbocycles. The lowest BCUT2D eigenvalue weighted by Crippen LogP contribution is -2.64. The van der Waals surface area contributed by atoms with Crippen molar-refractivity contribution in [1.29, 1.82) is 0 Å². The van der Waals surface area contributed by atoms with Crippen molar-refractivity contribution < 1.29 is 9.53 Å². The molecule has 0 atom stereocenters. The number of carbonyl (C=O) groups is 1. The van der Waals surface area contributed by atoms with Crippen molar-refractivity contribution in [2.24, 2.45) is 0 Å². The normalized spacial score (nSPS) is 23.6. The Bertz CT molecular complexity index is 314. The SMILES string of the molecule is COC(C)(C)CC(=O)N1CCNCC12CCCCC2. The molecular formula is C15H28N2O2. The summed E-state index contributed by atoms with van der Waals surface area (Å²) in [7, 11) is 1.68. The van der Waals surface area contributed by atoms with Gasteiger partial charge in [-0.25, -0.2) is 0 Å². The van der Waals surface area contributed by atoms with Gasteiger partial charge in [-0.2, -0.15) is 0 Å². The van der Waals surface area contributed by atoms with Crippen LogP contribution in [0.2, 0.25) is 0 Å². The van der Waals surface area contributed by atoms with Crippen LogP contribution in [0.1, 0.15) is 52.4 Å². The minimum Gasteiger partial charge on any atom is -0.378 e. The molecule has 0 aromatic rings. The lowest BCUT2D eigenvalue weighted by molar-refractivity contribution is -0.146. The maximum absolute atomic E-state index is 12.7. The van der Waals surface area contributed by atoms with Crippen molar-refractivity contribution in [2.75, 3.05) is 26.7 Å². The lowest BCUT2D eigenvalue weighted by Gasteiger charge is -2.50. The second kappa shape index (κ2) is 5.80.